The summed E-state index contributed by atoms with van der Waals surface area (Å²) in [5.41, 5.74) is 3.20. The SMILES string of the molecule is COCCCN1C(=O)C(O)=C(C(=O)c2sc(-c3ccccc3)nc2C)C1c1cccc(OCc2ccccc2)c1. The Morgan fingerprint density at radius 1 is 1.02 bits per heavy atom. The summed E-state index contributed by atoms with van der Waals surface area (Å²) in [7, 11) is 1.60. The zero-order valence-corrected chi connectivity index (χ0v) is 23.2. The fraction of sp³-hybridized carbons (Fsp3) is 0.219. The van der Waals surface area contributed by atoms with Crippen LogP contribution in [0.25, 0.3) is 10.6 Å². The largest absolute Gasteiger partial charge is 0.503 e. The molecule has 3 aromatic carbocycles. The van der Waals surface area contributed by atoms with Gasteiger partial charge >= 0.3 is 0 Å². The van der Waals surface area contributed by atoms with Crippen molar-refractivity contribution in [3.63, 3.8) is 0 Å². The summed E-state index contributed by atoms with van der Waals surface area (Å²) in [6, 6.07) is 26.0. The number of ketones is 1. The molecule has 0 aliphatic carbocycles. The van der Waals surface area contributed by atoms with Crippen LogP contribution in [0, 0.1) is 6.92 Å². The zero-order valence-electron chi connectivity index (χ0n) is 22.4. The molecular weight excluding hydrogens is 524 g/mol. The van der Waals surface area contributed by atoms with Gasteiger partial charge in [-0.05, 0) is 36.6 Å². The molecule has 0 radical (unpaired) electrons. The molecule has 0 saturated carbocycles. The number of aliphatic hydroxyl groups is 1. The number of aromatic nitrogens is 1. The topological polar surface area (TPSA) is 89.0 Å². The predicted molar refractivity (Wildman–Crippen MR) is 154 cm³/mol. The Hall–Kier alpha value is -4.27. The van der Waals surface area contributed by atoms with Crippen molar-refractivity contribution in [2.75, 3.05) is 20.3 Å². The molecule has 1 unspecified atom stereocenters. The molecule has 1 N–H and O–H groups in total. The Morgan fingerprint density at radius 2 is 1.75 bits per heavy atom. The van der Waals surface area contributed by atoms with Crippen molar-refractivity contribution in [2.24, 2.45) is 0 Å². The molecule has 0 fully saturated rings. The van der Waals surface area contributed by atoms with E-state index in [0.29, 0.717) is 53.1 Å². The summed E-state index contributed by atoms with van der Waals surface area (Å²) in [6.45, 7) is 2.90. The quantitative estimate of drug-likeness (QED) is 0.173. The Bertz CT molecular complexity index is 1530. The molecule has 4 aromatic rings. The summed E-state index contributed by atoms with van der Waals surface area (Å²) in [5.74, 6) is -0.912. The number of thiazole rings is 1. The lowest BCUT2D eigenvalue weighted by Crippen LogP contribution is -2.32. The second-order valence-electron chi connectivity index (χ2n) is 9.49. The van der Waals surface area contributed by atoms with Crippen molar-refractivity contribution in [3.8, 4) is 16.3 Å². The Labute approximate surface area is 237 Å². The van der Waals surface area contributed by atoms with Crippen molar-refractivity contribution in [3.05, 3.63) is 118 Å². The third-order valence-corrected chi connectivity index (χ3v) is 7.95. The maximum absolute atomic E-state index is 14.0. The highest BCUT2D eigenvalue weighted by Crippen LogP contribution is 2.41. The van der Waals surface area contributed by atoms with E-state index >= 15 is 0 Å². The van der Waals surface area contributed by atoms with Crippen LogP contribution in [0.4, 0.5) is 0 Å². The van der Waals surface area contributed by atoms with Crippen LogP contribution in [0.2, 0.25) is 0 Å². The van der Waals surface area contributed by atoms with Crippen LogP contribution < -0.4 is 4.74 Å². The first-order valence-corrected chi connectivity index (χ1v) is 13.9. The van der Waals surface area contributed by atoms with Crippen LogP contribution in [0.15, 0.2) is 96.3 Å². The Kier molecular flexibility index (Phi) is 8.38. The lowest BCUT2D eigenvalue weighted by molar-refractivity contribution is -0.129. The number of carbonyl (C=O) groups excluding carboxylic acids is 2. The molecule has 1 aromatic heterocycles. The van der Waals surface area contributed by atoms with Gasteiger partial charge in [-0.1, -0.05) is 72.8 Å². The number of methoxy groups -OCH3 is 1. The number of aliphatic hydroxyl groups excluding tert-OH is 1. The van der Waals surface area contributed by atoms with Crippen molar-refractivity contribution >= 4 is 23.0 Å². The van der Waals surface area contributed by atoms with Gasteiger partial charge in [-0.15, -0.1) is 11.3 Å². The highest BCUT2D eigenvalue weighted by Gasteiger charge is 2.44. The minimum absolute atomic E-state index is 0.0500. The molecular formula is C32H30N2O5S. The third kappa shape index (κ3) is 5.68. The van der Waals surface area contributed by atoms with Gasteiger partial charge in [0.15, 0.2) is 5.76 Å². The van der Waals surface area contributed by atoms with Crippen LogP contribution in [0.1, 0.15) is 39.0 Å². The number of rotatable bonds is 11. The fourth-order valence-corrected chi connectivity index (χ4v) is 5.82. The first-order valence-electron chi connectivity index (χ1n) is 13.0. The van der Waals surface area contributed by atoms with Crippen molar-refractivity contribution in [1.82, 2.24) is 9.88 Å². The number of hydrogen-bond acceptors (Lipinski definition) is 7. The van der Waals surface area contributed by atoms with E-state index in [1.807, 2.05) is 84.9 Å². The van der Waals surface area contributed by atoms with Gasteiger partial charge in [-0.2, -0.15) is 0 Å². The molecule has 1 aliphatic rings. The molecule has 0 spiro atoms. The van der Waals surface area contributed by atoms with Gasteiger partial charge < -0.3 is 19.5 Å². The first-order chi connectivity index (χ1) is 19.5. The summed E-state index contributed by atoms with van der Waals surface area (Å²) in [5, 5.41) is 11.8. The molecule has 1 amide bonds. The fourth-order valence-electron chi connectivity index (χ4n) is 4.79. The second-order valence-corrected chi connectivity index (χ2v) is 10.5. The smallest absolute Gasteiger partial charge is 0.290 e. The van der Waals surface area contributed by atoms with Crippen molar-refractivity contribution in [1.29, 1.82) is 0 Å². The highest BCUT2D eigenvalue weighted by atomic mass is 32.1. The monoisotopic (exact) mass is 554 g/mol. The molecule has 204 valence electrons. The number of aryl methyl sites for hydroxylation is 1. The van der Waals surface area contributed by atoms with E-state index in [0.717, 1.165) is 11.1 Å². The van der Waals surface area contributed by atoms with Gasteiger partial charge in [0.05, 0.1) is 22.2 Å². The third-order valence-electron chi connectivity index (χ3n) is 6.74. The van der Waals surface area contributed by atoms with E-state index in [9.17, 15) is 14.7 Å². The number of benzene rings is 3. The minimum Gasteiger partial charge on any atom is -0.503 e. The first kappa shape index (κ1) is 27.3. The van der Waals surface area contributed by atoms with E-state index in [4.69, 9.17) is 9.47 Å². The maximum Gasteiger partial charge on any atom is 0.290 e. The molecule has 8 heteroatoms. The lowest BCUT2D eigenvalue weighted by atomic mass is 9.95. The molecule has 2 heterocycles. The van der Waals surface area contributed by atoms with Gasteiger partial charge in [-0.3, -0.25) is 9.59 Å². The minimum atomic E-state index is -0.779. The number of ether oxygens (including phenoxy) is 2. The van der Waals surface area contributed by atoms with Gasteiger partial charge in [0.2, 0.25) is 5.78 Å². The van der Waals surface area contributed by atoms with E-state index in [1.54, 1.807) is 14.0 Å². The summed E-state index contributed by atoms with van der Waals surface area (Å²) in [4.78, 5) is 33.9. The summed E-state index contributed by atoms with van der Waals surface area (Å²) >= 11 is 1.26. The molecule has 0 saturated heterocycles. The predicted octanol–water partition coefficient (Wildman–Crippen LogP) is 6.31. The van der Waals surface area contributed by atoms with Crippen LogP contribution in [0.5, 0.6) is 5.75 Å². The Balaban J connectivity index is 1.50. The number of carbonyl (C=O) groups is 2. The van der Waals surface area contributed by atoms with Crippen molar-refractivity contribution < 1.29 is 24.2 Å². The van der Waals surface area contributed by atoms with Crippen LogP contribution in [-0.2, 0) is 16.1 Å². The van der Waals surface area contributed by atoms with Crippen molar-refractivity contribution in [2.45, 2.75) is 26.0 Å². The number of nitrogens with zero attached hydrogens (tertiary/aromatic N) is 2. The van der Waals surface area contributed by atoms with Gasteiger partial charge in [-0.25, -0.2) is 4.98 Å². The standard InChI is InChI=1S/C32H30N2O5S/c1-21-30(40-31(33-21)23-13-7-4-8-14-23)28(35)26-27(34(17-10-18-38-2)32(37)29(26)36)24-15-9-16-25(19-24)39-20-22-11-5-3-6-12-22/h3-9,11-16,19,27,36H,10,17-18,20H2,1-2H3. The normalized spacial score (nSPS) is 15.1. The summed E-state index contributed by atoms with van der Waals surface area (Å²) < 4.78 is 11.2. The Morgan fingerprint density at radius 3 is 2.48 bits per heavy atom. The van der Waals surface area contributed by atoms with Crippen LogP contribution >= 0.6 is 11.3 Å². The molecule has 40 heavy (non-hydrogen) atoms. The highest BCUT2D eigenvalue weighted by molar-refractivity contribution is 7.17. The zero-order chi connectivity index (χ0) is 28.1. The number of Topliss-reactive ketones (excluding diaryl/α,β-unsaturated/α-hetero) is 1. The second kappa shape index (κ2) is 12.3. The average Bonchev–Trinajstić information content (AvgIpc) is 3.50. The lowest BCUT2D eigenvalue weighted by Gasteiger charge is -2.27. The number of amides is 1. The van der Waals surface area contributed by atoms with Gasteiger partial charge in [0.1, 0.15) is 17.4 Å². The maximum atomic E-state index is 14.0. The molecule has 5 rings (SSSR count). The van der Waals surface area contributed by atoms with Crippen LogP contribution in [-0.4, -0.2) is 46.9 Å². The van der Waals surface area contributed by atoms with E-state index in [2.05, 4.69) is 4.98 Å². The average molecular weight is 555 g/mol. The van der Waals surface area contributed by atoms with Crippen LogP contribution in [0.3, 0.4) is 0 Å². The molecule has 0 bridgehead atoms. The van der Waals surface area contributed by atoms with E-state index in [-0.39, 0.29) is 5.57 Å². The van der Waals surface area contributed by atoms with E-state index in [1.165, 1.54) is 16.2 Å². The van der Waals surface area contributed by atoms with E-state index < -0.39 is 23.5 Å². The molecule has 1 atom stereocenters. The summed E-state index contributed by atoms with van der Waals surface area (Å²) in [6.07, 6.45) is 0.551. The van der Waals surface area contributed by atoms with Gasteiger partial charge in [0.25, 0.3) is 5.91 Å². The molecule has 1 aliphatic heterocycles. The number of hydrogen-bond donors (Lipinski definition) is 1. The molecule has 7 nitrogen and oxygen atoms in total. The van der Waals surface area contributed by atoms with Gasteiger partial charge in [0, 0.05) is 25.8 Å².